The summed E-state index contributed by atoms with van der Waals surface area (Å²) in [5.74, 6) is -11.2. The van der Waals surface area contributed by atoms with Crippen LogP contribution in [0.15, 0.2) is 95.0 Å². The molecular formula is C53H64F10N4O9S2. The van der Waals surface area contributed by atoms with Crippen LogP contribution in [0, 0.1) is 0 Å². The lowest BCUT2D eigenvalue weighted by Crippen LogP contribution is -2.56. The number of methoxy groups -OCH3 is 1. The number of hydrogen-bond donors (Lipinski definition) is 1. The van der Waals surface area contributed by atoms with E-state index in [2.05, 4.69) is 15.3 Å². The monoisotopic (exact) mass is 1150 g/mol. The van der Waals surface area contributed by atoms with Crippen molar-refractivity contribution in [1.82, 2.24) is 20.2 Å². The molecule has 0 saturated carbocycles. The van der Waals surface area contributed by atoms with Crippen LogP contribution < -0.4 is 5.32 Å². The molecular weight excluding hydrogens is 1090 g/mol. The molecule has 13 nitrogen and oxygen atoms in total. The van der Waals surface area contributed by atoms with Gasteiger partial charge in [-0.2, -0.15) is 43.9 Å². The number of alkyl halides is 10. The van der Waals surface area contributed by atoms with Crippen LogP contribution >= 0.6 is 0 Å². The maximum Gasteiger partial charge on any atom is 0.453 e. The predicted octanol–water partition coefficient (Wildman–Crippen LogP) is 10.6. The van der Waals surface area contributed by atoms with E-state index >= 15 is 0 Å². The lowest BCUT2D eigenvalue weighted by atomic mass is 9.95. The van der Waals surface area contributed by atoms with Gasteiger partial charge in [0.05, 0.1) is 27.8 Å². The van der Waals surface area contributed by atoms with Crippen LogP contribution in [-0.2, 0) is 56.3 Å². The second kappa shape index (κ2) is 24.2. The normalized spacial score (nSPS) is 16.9. The van der Waals surface area contributed by atoms with Gasteiger partial charge in [-0.1, -0.05) is 36.4 Å². The molecule has 1 N–H and O–H groups in total. The van der Waals surface area contributed by atoms with E-state index < -0.39 is 102 Å². The molecule has 2 aromatic carbocycles. The lowest BCUT2D eigenvalue weighted by Gasteiger charge is -2.40. The van der Waals surface area contributed by atoms with Crippen LogP contribution in [0.5, 0.6) is 0 Å². The smallest absolute Gasteiger partial charge is 0.453 e. The molecule has 0 amide bonds. The van der Waals surface area contributed by atoms with Crippen molar-refractivity contribution in [1.29, 1.82) is 0 Å². The van der Waals surface area contributed by atoms with Crippen LogP contribution in [0.3, 0.4) is 0 Å². The van der Waals surface area contributed by atoms with Gasteiger partial charge in [-0.3, -0.25) is 19.6 Å². The molecule has 0 bridgehead atoms. The van der Waals surface area contributed by atoms with Gasteiger partial charge in [0.15, 0.2) is 29.2 Å². The Labute approximate surface area is 447 Å². The Hall–Kier alpha value is -5.24. The average molecular weight is 1160 g/mol. The summed E-state index contributed by atoms with van der Waals surface area (Å²) in [6.07, 6.45) is -12.4. The number of nitrogens with zero attached hydrogens (tertiary/aromatic N) is 3. The molecule has 2 aliphatic rings. The maximum atomic E-state index is 14.0. The molecule has 4 aromatic rings. The van der Waals surface area contributed by atoms with Crippen LogP contribution in [0.1, 0.15) is 91.2 Å². The topological polar surface area (TPSA) is 171 Å². The molecule has 25 heteroatoms. The van der Waals surface area contributed by atoms with E-state index in [1.807, 2.05) is 4.90 Å². The van der Waals surface area contributed by atoms with Crippen LogP contribution in [0.25, 0.3) is 22.5 Å². The Morgan fingerprint density at radius 2 is 0.923 bits per heavy atom. The molecule has 4 heterocycles. The largest absolute Gasteiger partial charge is 0.459 e. The molecule has 0 aliphatic carbocycles. The standard InChI is InChI=1S/C28H35F5N2O5S.C25H29F5N2O4S/c1-25(2,3)40-24(36)26(13-15-35(16-14-26)17-18-39-4)41(37,38)22-8-6-21(7-9-22)23-10-5-20(19-34-23)11-12-27(29,30)28(31,32)33;1-22(2,3)36-21(33)23(12-14-31-15-13-23)37(34,35)19-7-5-18(6-8-19)20-9-4-17(16-32-20)10-11-24(26,27)25(28,29)30/h5-10,19H,11-18H2,1-4H3;4-9,16,31H,10-15H2,1-3H3. The first-order valence-corrected chi connectivity index (χ1v) is 27.8. The fourth-order valence-electron chi connectivity index (χ4n) is 8.53. The van der Waals surface area contributed by atoms with Crippen molar-refractivity contribution >= 4 is 31.6 Å². The lowest BCUT2D eigenvalue weighted by molar-refractivity contribution is -0.284. The maximum absolute atomic E-state index is 14.0. The zero-order valence-electron chi connectivity index (χ0n) is 44.1. The van der Waals surface area contributed by atoms with Crippen molar-refractivity contribution in [2.45, 2.75) is 148 Å². The van der Waals surface area contributed by atoms with Crippen molar-refractivity contribution in [2.75, 3.05) is 46.4 Å². The number of sulfone groups is 2. The van der Waals surface area contributed by atoms with Crippen molar-refractivity contribution in [3.05, 3.63) is 96.3 Å². The minimum atomic E-state index is -5.62. The number of benzene rings is 2. The number of piperidine rings is 2. The molecule has 2 fully saturated rings. The highest BCUT2D eigenvalue weighted by atomic mass is 32.2. The number of esters is 2. The summed E-state index contributed by atoms with van der Waals surface area (Å²) in [6, 6.07) is 17.2. The summed E-state index contributed by atoms with van der Waals surface area (Å²) in [5, 5.41) is 3.06. The fraction of sp³-hybridized carbons (Fsp3) is 0.547. The Balaban J connectivity index is 0.000000289. The van der Waals surface area contributed by atoms with Gasteiger partial charge in [-0.15, -0.1) is 0 Å². The van der Waals surface area contributed by atoms with Crippen LogP contribution in [0.4, 0.5) is 43.9 Å². The van der Waals surface area contributed by atoms with E-state index in [0.29, 0.717) is 61.8 Å². The van der Waals surface area contributed by atoms with Gasteiger partial charge in [0.1, 0.15) is 11.2 Å². The average Bonchev–Trinajstić information content (AvgIpc) is 3.41. The van der Waals surface area contributed by atoms with Crippen molar-refractivity contribution < 1.29 is 84.5 Å². The van der Waals surface area contributed by atoms with Gasteiger partial charge in [-0.05, 0) is 141 Å². The summed E-state index contributed by atoms with van der Waals surface area (Å²) in [5.41, 5.74) is 0.392. The van der Waals surface area contributed by atoms with Crippen molar-refractivity contribution in [3.8, 4) is 22.5 Å². The number of halogens is 10. The Morgan fingerprint density at radius 3 is 1.23 bits per heavy atom. The summed E-state index contributed by atoms with van der Waals surface area (Å²) in [6.45, 7) is 12.5. The minimum Gasteiger partial charge on any atom is -0.459 e. The Bertz CT molecular complexity index is 2880. The molecule has 2 aliphatic heterocycles. The minimum absolute atomic E-state index is 0.0477. The number of ether oxygens (including phenoxy) is 3. The molecule has 0 spiro atoms. The van der Waals surface area contributed by atoms with E-state index in [9.17, 15) is 70.3 Å². The number of hydrogen-bond acceptors (Lipinski definition) is 13. The molecule has 0 atom stereocenters. The summed E-state index contributed by atoms with van der Waals surface area (Å²) >= 11 is 0. The first-order valence-electron chi connectivity index (χ1n) is 24.8. The second-order valence-electron chi connectivity index (χ2n) is 21.1. The number of nitrogens with one attached hydrogen (secondary N) is 1. The molecule has 432 valence electrons. The van der Waals surface area contributed by atoms with Gasteiger partial charge in [0.2, 0.25) is 0 Å². The van der Waals surface area contributed by atoms with Gasteiger partial charge < -0.3 is 24.4 Å². The number of aromatic nitrogens is 2. The Kier molecular flexibility index (Phi) is 19.8. The number of carbonyl (C=O) groups is 2. The van der Waals surface area contributed by atoms with Crippen LogP contribution in [-0.4, -0.2) is 135 Å². The first kappa shape index (κ1) is 63.6. The van der Waals surface area contributed by atoms with E-state index in [-0.39, 0.29) is 46.6 Å². The number of aryl methyl sites for hydroxylation is 2. The molecule has 6 rings (SSSR count). The number of likely N-dealkylation sites (tertiary alicyclic amines) is 1. The van der Waals surface area contributed by atoms with E-state index in [1.54, 1.807) is 48.7 Å². The third-order valence-corrected chi connectivity index (χ3v) is 18.1. The zero-order chi connectivity index (χ0) is 58.4. The van der Waals surface area contributed by atoms with Crippen molar-refractivity contribution in [2.24, 2.45) is 0 Å². The molecule has 2 aromatic heterocycles. The second-order valence-corrected chi connectivity index (χ2v) is 25.7. The Morgan fingerprint density at radius 1 is 0.564 bits per heavy atom. The SMILES string of the molecule is CC(C)(C)OC(=O)C1(S(=O)(=O)c2ccc(-c3ccc(CCC(F)(F)C(F)(F)F)cn3)cc2)CCNCC1.COCCN1CCC(C(=O)OC(C)(C)C)(S(=O)(=O)c2ccc(-c3ccc(CCC(F)(F)C(F)(F)F)cn3)cc2)CC1. The zero-order valence-corrected chi connectivity index (χ0v) is 45.7. The summed E-state index contributed by atoms with van der Waals surface area (Å²) in [7, 11) is -6.75. The van der Waals surface area contributed by atoms with Gasteiger partial charge >= 0.3 is 36.1 Å². The number of rotatable bonds is 17. The molecule has 0 unspecified atom stereocenters. The fourth-order valence-corrected chi connectivity index (χ4v) is 12.4. The highest BCUT2D eigenvalue weighted by molar-refractivity contribution is 7.94. The molecule has 2 saturated heterocycles. The summed E-state index contributed by atoms with van der Waals surface area (Å²) in [4.78, 5) is 36.7. The third-order valence-electron chi connectivity index (χ3n) is 13.1. The quantitative estimate of drug-likeness (QED) is 0.0783. The number of carbonyl (C=O) groups excluding carboxylic acids is 2. The van der Waals surface area contributed by atoms with Gasteiger partial charge in [0, 0.05) is 63.1 Å². The van der Waals surface area contributed by atoms with Gasteiger partial charge in [-0.25, -0.2) is 16.8 Å². The highest BCUT2D eigenvalue weighted by Crippen LogP contribution is 2.42. The van der Waals surface area contributed by atoms with Gasteiger partial charge in [0.25, 0.3) is 0 Å². The summed E-state index contributed by atoms with van der Waals surface area (Å²) < 4.78 is 195. The highest BCUT2D eigenvalue weighted by Gasteiger charge is 2.58. The van der Waals surface area contributed by atoms with E-state index in [0.717, 1.165) is 0 Å². The first-order chi connectivity index (χ1) is 35.9. The molecule has 78 heavy (non-hydrogen) atoms. The number of pyridine rings is 2. The predicted molar refractivity (Wildman–Crippen MR) is 269 cm³/mol. The van der Waals surface area contributed by atoms with Crippen molar-refractivity contribution in [3.63, 3.8) is 0 Å². The third kappa shape index (κ3) is 15.2. The molecule has 0 radical (unpaired) electrons. The van der Waals surface area contributed by atoms with E-state index in [4.69, 9.17) is 14.2 Å². The van der Waals surface area contributed by atoms with E-state index in [1.165, 1.54) is 85.2 Å². The van der Waals surface area contributed by atoms with Crippen LogP contribution in [0.2, 0.25) is 0 Å².